The number of pyridine rings is 1. The molecule has 0 atom stereocenters. The molecule has 0 aliphatic carbocycles. The van der Waals surface area contributed by atoms with Crippen molar-refractivity contribution in [2.75, 3.05) is 19.0 Å². The van der Waals surface area contributed by atoms with Gasteiger partial charge in [0.05, 0.1) is 11.4 Å². The van der Waals surface area contributed by atoms with E-state index in [9.17, 15) is 5.11 Å². The van der Waals surface area contributed by atoms with Crippen LogP contribution in [-0.2, 0) is 0 Å². The van der Waals surface area contributed by atoms with Crippen molar-refractivity contribution in [2.24, 2.45) is 0 Å². The summed E-state index contributed by atoms with van der Waals surface area (Å²) in [5.74, 6) is 0.232. The summed E-state index contributed by atoms with van der Waals surface area (Å²) in [5.41, 5.74) is 3.71. The Hall–Kier alpha value is -2.03. The van der Waals surface area contributed by atoms with Gasteiger partial charge in [-0.15, -0.1) is 0 Å². The zero-order valence-corrected chi connectivity index (χ0v) is 10.3. The van der Waals surface area contributed by atoms with Crippen molar-refractivity contribution < 1.29 is 5.11 Å². The van der Waals surface area contributed by atoms with Crippen LogP contribution in [0.2, 0.25) is 0 Å². The molecule has 17 heavy (non-hydrogen) atoms. The molecule has 0 amide bonds. The number of nitrogens with zero attached hydrogens (tertiary/aromatic N) is 2. The molecule has 0 aliphatic heterocycles. The number of aromatic nitrogens is 1. The van der Waals surface area contributed by atoms with Gasteiger partial charge in [0.25, 0.3) is 0 Å². The van der Waals surface area contributed by atoms with Crippen LogP contribution in [0.15, 0.2) is 36.4 Å². The number of aromatic hydroxyl groups is 1. The van der Waals surface area contributed by atoms with E-state index in [0.717, 1.165) is 16.9 Å². The third kappa shape index (κ3) is 2.23. The summed E-state index contributed by atoms with van der Waals surface area (Å²) in [6.45, 7) is 1.80. The van der Waals surface area contributed by atoms with Crippen molar-refractivity contribution in [1.82, 2.24) is 4.98 Å². The third-order valence-electron chi connectivity index (χ3n) is 2.72. The van der Waals surface area contributed by atoms with Crippen molar-refractivity contribution in [3.05, 3.63) is 42.1 Å². The monoisotopic (exact) mass is 228 g/mol. The minimum absolute atomic E-state index is 0.232. The average molecular weight is 228 g/mol. The molecule has 1 aromatic carbocycles. The molecule has 0 spiro atoms. The van der Waals surface area contributed by atoms with E-state index in [-0.39, 0.29) is 5.75 Å². The number of para-hydroxylation sites is 1. The van der Waals surface area contributed by atoms with Crippen LogP contribution in [0.25, 0.3) is 11.3 Å². The molecular weight excluding hydrogens is 212 g/mol. The highest BCUT2D eigenvalue weighted by Gasteiger charge is 2.08. The Bertz CT molecular complexity index is 535. The molecule has 0 bridgehead atoms. The topological polar surface area (TPSA) is 36.4 Å². The van der Waals surface area contributed by atoms with Crippen molar-refractivity contribution >= 4 is 5.69 Å². The number of aryl methyl sites for hydroxylation is 1. The maximum absolute atomic E-state index is 9.50. The lowest BCUT2D eigenvalue weighted by molar-refractivity contribution is 0.468. The number of anilines is 1. The van der Waals surface area contributed by atoms with Gasteiger partial charge in [-0.2, -0.15) is 0 Å². The van der Waals surface area contributed by atoms with Gasteiger partial charge in [-0.1, -0.05) is 18.2 Å². The first kappa shape index (κ1) is 11.5. The first-order chi connectivity index (χ1) is 8.09. The van der Waals surface area contributed by atoms with Gasteiger partial charge in [-0.05, 0) is 25.1 Å². The van der Waals surface area contributed by atoms with Gasteiger partial charge in [0.15, 0.2) is 0 Å². The fraction of sp³-hybridized carbons (Fsp3) is 0.214. The summed E-state index contributed by atoms with van der Waals surface area (Å²) in [6, 6.07) is 11.6. The third-order valence-corrected chi connectivity index (χ3v) is 2.72. The summed E-state index contributed by atoms with van der Waals surface area (Å²) in [4.78, 5) is 6.46. The van der Waals surface area contributed by atoms with E-state index >= 15 is 0 Å². The molecule has 0 fully saturated rings. The maximum Gasteiger partial charge on any atom is 0.136 e. The smallest absolute Gasteiger partial charge is 0.136 e. The quantitative estimate of drug-likeness (QED) is 0.858. The molecule has 0 aliphatic rings. The van der Waals surface area contributed by atoms with E-state index in [2.05, 4.69) is 16.0 Å². The molecule has 0 radical (unpaired) electrons. The van der Waals surface area contributed by atoms with Gasteiger partial charge >= 0.3 is 0 Å². The molecule has 0 saturated carbocycles. The van der Waals surface area contributed by atoms with E-state index in [1.165, 1.54) is 0 Å². The molecule has 1 N–H and O–H groups in total. The standard InChI is InChI=1S/C14H16N2O/c1-10-14(17)9-8-12(15-10)11-6-4-5-7-13(11)16(2)3/h4-9,17H,1-3H3. The zero-order valence-electron chi connectivity index (χ0n) is 10.3. The van der Waals surface area contributed by atoms with Crippen LogP contribution < -0.4 is 4.90 Å². The van der Waals surface area contributed by atoms with E-state index in [1.807, 2.05) is 38.4 Å². The Morgan fingerprint density at radius 2 is 1.76 bits per heavy atom. The summed E-state index contributed by atoms with van der Waals surface area (Å²) in [6.07, 6.45) is 0. The second-order valence-corrected chi connectivity index (χ2v) is 4.21. The number of benzene rings is 1. The Morgan fingerprint density at radius 1 is 1.06 bits per heavy atom. The second kappa shape index (κ2) is 4.45. The SMILES string of the molecule is Cc1nc(-c2ccccc2N(C)C)ccc1O. The number of hydrogen-bond donors (Lipinski definition) is 1. The van der Waals surface area contributed by atoms with Crippen molar-refractivity contribution in [1.29, 1.82) is 0 Å². The van der Waals surface area contributed by atoms with E-state index in [1.54, 1.807) is 13.0 Å². The summed E-state index contributed by atoms with van der Waals surface area (Å²) in [5, 5.41) is 9.50. The van der Waals surface area contributed by atoms with Crippen molar-refractivity contribution in [2.45, 2.75) is 6.92 Å². The first-order valence-corrected chi connectivity index (χ1v) is 5.53. The van der Waals surface area contributed by atoms with E-state index < -0.39 is 0 Å². The van der Waals surface area contributed by atoms with Crippen LogP contribution in [0.1, 0.15) is 5.69 Å². The van der Waals surface area contributed by atoms with Crippen molar-refractivity contribution in [3.63, 3.8) is 0 Å². The Balaban J connectivity index is 2.56. The molecule has 0 saturated heterocycles. The molecule has 1 aromatic heterocycles. The van der Waals surface area contributed by atoms with E-state index in [4.69, 9.17) is 0 Å². The molecule has 3 heteroatoms. The van der Waals surface area contributed by atoms with Gasteiger partial charge in [-0.25, -0.2) is 4.98 Å². The summed E-state index contributed by atoms with van der Waals surface area (Å²) in [7, 11) is 4.01. The van der Waals surface area contributed by atoms with Gasteiger partial charge in [0.2, 0.25) is 0 Å². The lowest BCUT2D eigenvalue weighted by atomic mass is 10.1. The van der Waals surface area contributed by atoms with Gasteiger partial charge < -0.3 is 10.0 Å². The van der Waals surface area contributed by atoms with Crippen LogP contribution in [-0.4, -0.2) is 24.2 Å². The molecule has 2 rings (SSSR count). The lowest BCUT2D eigenvalue weighted by Gasteiger charge is -2.17. The Kier molecular flexibility index (Phi) is 3.00. The normalized spacial score (nSPS) is 10.3. The highest BCUT2D eigenvalue weighted by Crippen LogP contribution is 2.29. The molecule has 3 nitrogen and oxygen atoms in total. The predicted molar refractivity (Wildman–Crippen MR) is 70.4 cm³/mol. The Labute approximate surface area is 101 Å². The molecule has 1 heterocycles. The minimum Gasteiger partial charge on any atom is -0.506 e. The van der Waals surface area contributed by atoms with E-state index in [0.29, 0.717) is 5.69 Å². The molecule has 2 aromatic rings. The molecule has 88 valence electrons. The average Bonchev–Trinajstić information content (AvgIpc) is 2.32. The second-order valence-electron chi connectivity index (χ2n) is 4.21. The number of rotatable bonds is 2. The van der Waals surface area contributed by atoms with Gasteiger partial charge in [0.1, 0.15) is 5.75 Å². The fourth-order valence-electron chi connectivity index (χ4n) is 1.78. The minimum atomic E-state index is 0.232. The maximum atomic E-state index is 9.50. The van der Waals surface area contributed by atoms with Crippen molar-refractivity contribution in [3.8, 4) is 17.0 Å². The predicted octanol–water partition coefficient (Wildman–Crippen LogP) is 2.83. The molecule has 0 unspecified atom stereocenters. The summed E-state index contributed by atoms with van der Waals surface area (Å²) >= 11 is 0. The largest absolute Gasteiger partial charge is 0.506 e. The van der Waals surface area contributed by atoms with Crippen LogP contribution in [0.4, 0.5) is 5.69 Å². The highest BCUT2D eigenvalue weighted by atomic mass is 16.3. The van der Waals surface area contributed by atoms with Crippen LogP contribution in [0.5, 0.6) is 5.75 Å². The highest BCUT2D eigenvalue weighted by molar-refractivity contribution is 5.76. The van der Waals surface area contributed by atoms with Crippen LogP contribution in [0.3, 0.4) is 0 Å². The molecular formula is C14H16N2O. The van der Waals surface area contributed by atoms with Crippen LogP contribution in [0, 0.1) is 6.92 Å². The Morgan fingerprint density at radius 3 is 2.41 bits per heavy atom. The van der Waals surface area contributed by atoms with Crippen LogP contribution >= 0.6 is 0 Å². The number of hydrogen-bond acceptors (Lipinski definition) is 3. The zero-order chi connectivity index (χ0) is 12.4. The first-order valence-electron chi connectivity index (χ1n) is 5.53. The van der Waals surface area contributed by atoms with Gasteiger partial charge in [0, 0.05) is 25.3 Å². The lowest BCUT2D eigenvalue weighted by Crippen LogP contribution is -2.10. The fourth-order valence-corrected chi connectivity index (χ4v) is 1.78. The summed E-state index contributed by atoms with van der Waals surface area (Å²) < 4.78 is 0. The van der Waals surface area contributed by atoms with Gasteiger partial charge in [-0.3, -0.25) is 0 Å².